The summed E-state index contributed by atoms with van der Waals surface area (Å²) in [7, 11) is 1.43. The second-order valence-corrected chi connectivity index (χ2v) is 7.77. The Balaban J connectivity index is 0.000000460. The van der Waals surface area contributed by atoms with Crippen LogP contribution in [0.4, 0.5) is 0 Å². The maximum Gasteiger partial charge on any atom is 0.202 e. The van der Waals surface area contributed by atoms with Crippen molar-refractivity contribution in [2.45, 2.75) is 46.5 Å². The summed E-state index contributed by atoms with van der Waals surface area (Å²) in [5.41, 5.74) is 1.30. The summed E-state index contributed by atoms with van der Waals surface area (Å²) >= 11 is 0. The number of carbonyl (C=O) groups is 2. The average Bonchev–Trinajstić information content (AvgIpc) is 2.81. The Morgan fingerprint density at radius 3 is 2.25 bits per heavy atom. The maximum atomic E-state index is 13.1. The largest absolute Gasteiger partial charge is 0.507 e. The molecule has 1 atom stereocenters. The zero-order chi connectivity index (χ0) is 24.0. The van der Waals surface area contributed by atoms with Crippen LogP contribution in [-0.2, 0) is 12.8 Å². The SMILES string of the molecule is C#C.CC=CCC.COc1cccc2c1C(=O)c1c(O)c3c(c(O)c1C2=O)CC(C)CC3. The van der Waals surface area contributed by atoms with Crippen LogP contribution in [0.2, 0.25) is 0 Å². The summed E-state index contributed by atoms with van der Waals surface area (Å²) in [6.07, 6.45) is 15.4. The number of fused-ring (bicyclic) bond motifs is 3. The van der Waals surface area contributed by atoms with Crippen molar-refractivity contribution in [2.24, 2.45) is 5.92 Å². The van der Waals surface area contributed by atoms with Crippen LogP contribution in [-0.4, -0.2) is 28.9 Å². The molecule has 0 saturated carbocycles. The van der Waals surface area contributed by atoms with Crippen LogP contribution >= 0.6 is 0 Å². The summed E-state index contributed by atoms with van der Waals surface area (Å²) < 4.78 is 5.23. The highest BCUT2D eigenvalue weighted by atomic mass is 16.5. The quantitative estimate of drug-likeness (QED) is 0.328. The first-order valence-corrected chi connectivity index (χ1v) is 10.7. The number of carbonyl (C=O) groups excluding carboxylic acids is 2. The minimum Gasteiger partial charge on any atom is -0.507 e. The standard InChI is InChI=1S/C20H18O5.C5H10.C2H2/c1-9-6-7-10-12(8-9)19(23)15-16(17(10)21)20(24)14-11(18(15)22)4-3-5-13(14)25-2;1-3-5-4-2;1-2/h3-5,9,21,23H,6-8H2,1-2H3;3,5H,4H2,1-2H3;1-2H. The molecule has 0 saturated heterocycles. The molecule has 2 N–H and O–H groups in total. The molecule has 0 radical (unpaired) electrons. The molecule has 2 aromatic carbocycles. The number of rotatable bonds is 2. The van der Waals surface area contributed by atoms with Crippen molar-refractivity contribution >= 4 is 11.6 Å². The van der Waals surface area contributed by atoms with E-state index in [1.807, 2.05) is 6.92 Å². The lowest BCUT2D eigenvalue weighted by molar-refractivity contribution is 0.0971. The van der Waals surface area contributed by atoms with Gasteiger partial charge in [0.1, 0.15) is 17.2 Å². The number of ether oxygens (including phenoxy) is 1. The third-order valence-corrected chi connectivity index (χ3v) is 5.74. The number of aromatic hydroxyl groups is 2. The van der Waals surface area contributed by atoms with E-state index in [9.17, 15) is 19.8 Å². The van der Waals surface area contributed by atoms with Crippen molar-refractivity contribution in [2.75, 3.05) is 7.11 Å². The number of phenols is 2. The molecule has 0 aromatic heterocycles. The van der Waals surface area contributed by atoms with Crippen molar-refractivity contribution in [3.8, 4) is 30.1 Å². The molecule has 2 aromatic rings. The van der Waals surface area contributed by atoms with Crippen LogP contribution in [0.1, 0.15) is 76.6 Å². The van der Waals surface area contributed by atoms with Crippen LogP contribution in [0.25, 0.3) is 0 Å². The smallest absolute Gasteiger partial charge is 0.202 e. The third kappa shape index (κ3) is 4.27. The molecule has 0 bridgehead atoms. The summed E-state index contributed by atoms with van der Waals surface area (Å²) in [5, 5.41) is 21.5. The van der Waals surface area contributed by atoms with Gasteiger partial charge in [-0.05, 0) is 44.6 Å². The highest BCUT2D eigenvalue weighted by Gasteiger charge is 2.39. The number of ketones is 2. The topological polar surface area (TPSA) is 83.8 Å². The van der Waals surface area contributed by atoms with E-state index >= 15 is 0 Å². The van der Waals surface area contributed by atoms with Crippen molar-refractivity contribution < 1.29 is 24.5 Å². The molecule has 0 spiro atoms. The monoisotopic (exact) mass is 434 g/mol. The van der Waals surface area contributed by atoms with Gasteiger partial charge in [-0.2, -0.15) is 0 Å². The lowest BCUT2D eigenvalue weighted by Gasteiger charge is -2.28. The Labute approximate surface area is 189 Å². The number of hydrogen-bond donors (Lipinski definition) is 2. The molecule has 0 amide bonds. The van der Waals surface area contributed by atoms with E-state index < -0.39 is 11.6 Å². The Kier molecular flexibility index (Phi) is 8.26. The van der Waals surface area contributed by atoms with Gasteiger partial charge in [0.25, 0.3) is 0 Å². The summed E-state index contributed by atoms with van der Waals surface area (Å²) in [5.74, 6) is -0.663. The highest BCUT2D eigenvalue weighted by molar-refractivity contribution is 6.31. The molecule has 5 nitrogen and oxygen atoms in total. The summed E-state index contributed by atoms with van der Waals surface area (Å²) in [6, 6.07) is 4.77. The molecule has 168 valence electrons. The Hall–Kier alpha value is -3.52. The molecular formula is C27H30O5. The van der Waals surface area contributed by atoms with E-state index in [0.717, 1.165) is 12.8 Å². The van der Waals surface area contributed by atoms with Crippen molar-refractivity contribution in [1.29, 1.82) is 0 Å². The summed E-state index contributed by atoms with van der Waals surface area (Å²) in [6.45, 7) is 6.22. The second-order valence-electron chi connectivity index (χ2n) is 7.77. The van der Waals surface area contributed by atoms with E-state index in [4.69, 9.17) is 4.74 Å². The number of hydrogen-bond acceptors (Lipinski definition) is 5. The Morgan fingerprint density at radius 1 is 1.06 bits per heavy atom. The van der Waals surface area contributed by atoms with Gasteiger partial charge >= 0.3 is 0 Å². The van der Waals surface area contributed by atoms with Crippen molar-refractivity contribution in [1.82, 2.24) is 0 Å². The maximum absolute atomic E-state index is 13.1. The zero-order valence-corrected chi connectivity index (χ0v) is 19.1. The van der Waals surface area contributed by atoms with E-state index in [-0.39, 0.29) is 39.5 Å². The van der Waals surface area contributed by atoms with E-state index in [1.165, 1.54) is 7.11 Å². The second kappa shape index (κ2) is 10.7. The van der Waals surface area contributed by atoms with Gasteiger partial charge in [0.15, 0.2) is 5.78 Å². The minimum absolute atomic E-state index is 0.0869. The Morgan fingerprint density at radius 2 is 1.69 bits per heavy atom. The predicted molar refractivity (Wildman–Crippen MR) is 126 cm³/mol. The van der Waals surface area contributed by atoms with Gasteiger partial charge < -0.3 is 14.9 Å². The normalized spacial score (nSPS) is 16.0. The third-order valence-electron chi connectivity index (χ3n) is 5.74. The molecule has 5 heteroatoms. The number of methoxy groups -OCH3 is 1. The van der Waals surface area contributed by atoms with Gasteiger partial charge in [-0.1, -0.05) is 38.1 Å². The van der Waals surface area contributed by atoms with Gasteiger partial charge in [0, 0.05) is 16.7 Å². The fraction of sp³-hybridized carbons (Fsp3) is 0.333. The fourth-order valence-electron chi connectivity index (χ4n) is 4.22. The van der Waals surface area contributed by atoms with Crippen LogP contribution in [0.5, 0.6) is 17.2 Å². The average molecular weight is 435 g/mol. The van der Waals surface area contributed by atoms with Crippen LogP contribution in [0.3, 0.4) is 0 Å². The first kappa shape index (κ1) is 24.7. The van der Waals surface area contributed by atoms with Crippen LogP contribution in [0.15, 0.2) is 30.4 Å². The lowest BCUT2D eigenvalue weighted by Crippen LogP contribution is -2.24. The number of benzene rings is 2. The molecule has 1 unspecified atom stereocenters. The molecule has 4 rings (SSSR count). The van der Waals surface area contributed by atoms with Gasteiger partial charge in [0.05, 0.1) is 23.8 Å². The first-order chi connectivity index (χ1) is 15.4. The minimum atomic E-state index is -0.490. The fourth-order valence-corrected chi connectivity index (χ4v) is 4.22. The number of phenolic OH excluding ortho intramolecular Hbond substituents is 2. The van der Waals surface area contributed by atoms with E-state index in [2.05, 4.69) is 38.8 Å². The molecule has 32 heavy (non-hydrogen) atoms. The number of allylic oxidation sites excluding steroid dienone is 2. The predicted octanol–water partition coefficient (Wildman–Crippen LogP) is 5.23. The molecule has 2 aliphatic carbocycles. The van der Waals surface area contributed by atoms with Crippen LogP contribution in [0, 0.1) is 18.8 Å². The molecule has 2 aliphatic rings. The van der Waals surface area contributed by atoms with E-state index in [1.54, 1.807) is 18.2 Å². The lowest BCUT2D eigenvalue weighted by atomic mass is 9.76. The molecular weight excluding hydrogens is 404 g/mol. The Bertz CT molecular complexity index is 1080. The van der Waals surface area contributed by atoms with Gasteiger partial charge in [-0.3, -0.25) is 9.59 Å². The molecule has 0 heterocycles. The van der Waals surface area contributed by atoms with E-state index in [0.29, 0.717) is 29.9 Å². The highest BCUT2D eigenvalue weighted by Crippen LogP contribution is 2.47. The van der Waals surface area contributed by atoms with Crippen LogP contribution < -0.4 is 4.74 Å². The summed E-state index contributed by atoms with van der Waals surface area (Å²) in [4.78, 5) is 26.0. The van der Waals surface area contributed by atoms with Gasteiger partial charge in [-0.25, -0.2) is 0 Å². The first-order valence-electron chi connectivity index (χ1n) is 10.7. The molecule has 0 fully saturated rings. The molecule has 0 aliphatic heterocycles. The van der Waals surface area contributed by atoms with Crippen molar-refractivity contribution in [3.05, 3.63) is 63.7 Å². The zero-order valence-electron chi connectivity index (χ0n) is 19.1. The van der Waals surface area contributed by atoms with Gasteiger partial charge in [-0.15, -0.1) is 12.8 Å². The number of terminal acetylenes is 1. The van der Waals surface area contributed by atoms with Gasteiger partial charge in [0.2, 0.25) is 5.78 Å². The van der Waals surface area contributed by atoms with Crippen molar-refractivity contribution in [3.63, 3.8) is 0 Å².